The monoisotopic (exact) mass is 328 g/mol. The minimum absolute atomic E-state index is 0.0297. The average Bonchev–Trinajstić information content (AvgIpc) is 2.56. The molecule has 0 saturated heterocycles. The highest BCUT2D eigenvalue weighted by Gasteiger charge is 2.12. The van der Waals surface area contributed by atoms with Crippen LogP contribution in [0.25, 0.3) is 6.08 Å². The zero-order chi connectivity index (χ0) is 17.7. The lowest BCUT2D eigenvalue weighted by Crippen LogP contribution is -2.11. The molecule has 0 saturated carbocycles. The van der Waals surface area contributed by atoms with E-state index in [1.807, 2.05) is 0 Å². The van der Waals surface area contributed by atoms with Gasteiger partial charge >= 0.3 is 5.97 Å². The molecule has 0 bridgehead atoms. The van der Waals surface area contributed by atoms with Crippen LogP contribution in [-0.4, -0.2) is 32.2 Å². The molecule has 2 rings (SSSR count). The van der Waals surface area contributed by atoms with E-state index in [1.165, 1.54) is 24.4 Å². The van der Waals surface area contributed by atoms with Crippen molar-refractivity contribution in [3.05, 3.63) is 58.9 Å². The first-order chi connectivity index (χ1) is 11.4. The SMILES string of the molecule is Cc1ncc(CO)c(/C=C/C(=O)Nc2ccccc2C(=O)O)c1O. The van der Waals surface area contributed by atoms with Gasteiger partial charge < -0.3 is 20.6 Å². The summed E-state index contributed by atoms with van der Waals surface area (Å²) in [6.45, 7) is 1.25. The van der Waals surface area contributed by atoms with Crippen molar-refractivity contribution in [1.29, 1.82) is 0 Å². The predicted octanol–water partition coefficient (Wildman–Crippen LogP) is 1.94. The number of carboxylic acid groups (broad SMARTS) is 1. The number of benzene rings is 1. The molecule has 1 aromatic carbocycles. The zero-order valence-electron chi connectivity index (χ0n) is 12.9. The largest absolute Gasteiger partial charge is 0.505 e. The molecular weight excluding hydrogens is 312 g/mol. The van der Waals surface area contributed by atoms with E-state index in [0.717, 1.165) is 6.08 Å². The summed E-state index contributed by atoms with van der Waals surface area (Å²) < 4.78 is 0. The molecule has 24 heavy (non-hydrogen) atoms. The Labute approximate surface area is 137 Å². The Morgan fingerprint density at radius 3 is 2.67 bits per heavy atom. The Kier molecular flexibility index (Phi) is 5.28. The van der Waals surface area contributed by atoms with E-state index in [-0.39, 0.29) is 29.2 Å². The van der Waals surface area contributed by atoms with Crippen LogP contribution in [-0.2, 0) is 11.4 Å². The van der Waals surface area contributed by atoms with Crippen LogP contribution in [0.3, 0.4) is 0 Å². The second kappa shape index (κ2) is 7.38. The van der Waals surface area contributed by atoms with Crippen LogP contribution in [0.15, 0.2) is 36.5 Å². The summed E-state index contributed by atoms with van der Waals surface area (Å²) in [5.74, 6) is -1.85. The predicted molar refractivity (Wildman–Crippen MR) is 87.6 cm³/mol. The number of aliphatic hydroxyl groups is 1. The maximum atomic E-state index is 12.0. The molecule has 0 atom stereocenters. The van der Waals surface area contributed by atoms with Crippen molar-refractivity contribution in [2.45, 2.75) is 13.5 Å². The molecule has 0 spiro atoms. The van der Waals surface area contributed by atoms with Crippen LogP contribution >= 0.6 is 0 Å². The van der Waals surface area contributed by atoms with Crippen molar-refractivity contribution >= 4 is 23.6 Å². The van der Waals surface area contributed by atoms with Gasteiger partial charge in [0.1, 0.15) is 5.75 Å². The van der Waals surface area contributed by atoms with Gasteiger partial charge in [-0.2, -0.15) is 0 Å². The van der Waals surface area contributed by atoms with Crippen molar-refractivity contribution in [1.82, 2.24) is 4.98 Å². The van der Waals surface area contributed by atoms with E-state index in [2.05, 4.69) is 10.3 Å². The summed E-state index contributed by atoms with van der Waals surface area (Å²) in [6.07, 6.45) is 3.90. The van der Waals surface area contributed by atoms with Gasteiger partial charge in [-0.1, -0.05) is 12.1 Å². The third kappa shape index (κ3) is 3.76. The Morgan fingerprint density at radius 2 is 2.00 bits per heavy atom. The number of nitrogens with one attached hydrogen (secondary N) is 1. The molecular formula is C17H16N2O5. The van der Waals surface area contributed by atoms with Crippen molar-refractivity contribution in [2.75, 3.05) is 5.32 Å². The molecule has 0 aliphatic heterocycles. The minimum Gasteiger partial charge on any atom is -0.505 e. The van der Waals surface area contributed by atoms with Crippen molar-refractivity contribution in [3.63, 3.8) is 0 Å². The van der Waals surface area contributed by atoms with Gasteiger partial charge in [-0.25, -0.2) is 4.79 Å². The van der Waals surface area contributed by atoms with Crippen LogP contribution in [0.1, 0.15) is 27.2 Å². The summed E-state index contributed by atoms with van der Waals surface area (Å²) in [5, 5.41) is 30.8. The van der Waals surface area contributed by atoms with E-state index in [0.29, 0.717) is 11.3 Å². The van der Waals surface area contributed by atoms with E-state index in [9.17, 15) is 19.8 Å². The topological polar surface area (TPSA) is 120 Å². The second-order valence-electron chi connectivity index (χ2n) is 4.96. The fourth-order valence-electron chi connectivity index (χ4n) is 2.08. The lowest BCUT2D eigenvalue weighted by atomic mass is 10.1. The molecule has 1 heterocycles. The van der Waals surface area contributed by atoms with Crippen LogP contribution in [0.5, 0.6) is 5.75 Å². The van der Waals surface area contributed by atoms with Crippen molar-refractivity contribution < 1.29 is 24.9 Å². The van der Waals surface area contributed by atoms with E-state index in [1.54, 1.807) is 19.1 Å². The summed E-state index contributed by atoms with van der Waals surface area (Å²) in [7, 11) is 0. The average molecular weight is 328 g/mol. The number of anilines is 1. The molecule has 0 fully saturated rings. The van der Waals surface area contributed by atoms with E-state index in [4.69, 9.17) is 5.11 Å². The molecule has 4 N–H and O–H groups in total. The lowest BCUT2D eigenvalue weighted by Gasteiger charge is -2.08. The number of carbonyl (C=O) groups is 2. The van der Waals surface area contributed by atoms with Crippen LogP contribution in [0.4, 0.5) is 5.69 Å². The van der Waals surface area contributed by atoms with Crippen molar-refractivity contribution in [3.8, 4) is 5.75 Å². The van der Waals surface area contributed by atoms with E-state index < -0.39 is 11.9 Å². The number of rotatable bonds is 5. The molecule has 7 nitrogen and oxygen atoms in total. The Hall–Kier alpha value is -3.19. The maximum Gasteiger partial charge on any atom is 0.337 e. The number of amides is 1. The number of aryl methyl sites for hydroxylation is 1. The molecule has 7 heteroatoms. The first-order valence-corrected chi connectivity index (χ1v) is 7.03. The van der Waals surface area contributed by atoms with Gasteiger partial charge in [0, 0.05) is 23.4 Å². The van der Waals surface area contributed by atoms with Crippen molar-refractivity contribution in [2.24, 2.45) is 0 Å². The second-order valence-corrected chi connectivity index (χ2v) is 4.96. The third-order valence-corrected chi connectivity index (χ3v) is 3.34. The van der Waals surface area contributed by atoms with Gasteiger partial charge in [0.15, 0.2) is 0 Å². The van der Waals surface area contributed by atoms with Crippen LogP contribution in [0.2, 0.25) is 0 Å². The molecule has 1 aromatic heterocycles. The standard InChI is InChI=1S/C17H16N2O5/c1-10-16(22)12(11(9-20)8-18-10)6-7-15(21)19-14-5-3-2-4-13(14)17(23)24/h2-8,20,22H,9H2,1H3,(H,19,21)(H,23,24)/b7-6+. The van der Waals surface area contributed by atoms with Crippen LogP contribution < -0.4 is 5.32 Å². The molecule has 2 aromatic rings. The van der Waals surface area contributed by atoms with Gasteiger partial charge in [0.05, 0.1) is 23.6 Å². The fraction of sp³-hybridized carbons (Fsp3) is 0.118. The number of aromatic carboxylic acids is 1. The fourth-order valence-corrected chi connectivity index (χ4v) is 2.08. The summed E-state index contributed by atoms with van der Waals surface area (Å²) in [5.41, 5.74) is 1.15. The zero-order valence-corrected chi connectivity index (χ0v) is 12.9. The third-order valence-electron chi connectivity index (χ3n) is 3.34. The molecule has 0 radical (unpaired) electrons. The Morgan fingerprint density at radius 1 is 1.29 bits per heavy atom. The molecule has 124 valence electrons. The smallest absolute Gasteiger partial charge is 0.337 e. The number of carbonyl (C=O) groups excluding carboxylic acids is 1. The number of hydrogen-bond acceptors (Lipinski definition) is 5. The molecule has 1 amide bonds. The molecule has 0 unspecified atom stereocenters. The minimum atomic E-state index is -1.15. The number of aromatic hydroxyl groups is 1. The van der Waals surface area contributed by atoms with Gasteiger partial charge in [0.25, 0.3) is 0 Å². The first-order valence-electron chi connectivity index (χ1n) is 7.03. The van der Waals surface area contributed by atoms with Gasteiger partial charge in [-0.3, -0.25) is 9.78 Å². The number of pyridine rings is 1. The van der Waals surface area contributed by atoms with Gasteiger partial charge in [-0.15, -0.1) is 0 Å². The normalized spacial score (nSPS) is 10.8. The number of aromatic nitrogens is 1. The highest BCUT2D eigenvalue weighted by Crippen LogP contribution is 2.25. The Balaban J connectivity index is 2.24. The number of aliphatic hydroxyl groups excluding tert-OH is 1. The number of para-hydroxylation sites is 1. The molecule has 0 aliphatic rings. The quantitative estimate of drug-likeness (QED) is 0.623. The van der Waals surface area contributed by atoms with Gasteiger partial charge in [0.2, 0.25) is 5.91 Å². The summed E-state index contributed by atoms with van der Waals surface area (Å²) >= 11 is 0. The Bertz CT molecular complexity index is 815. The highest BCUT2D eigenvalue weighted by atomic mass is 16.4. The highest BCUT2D eigenvalue weighted by molar-refractivity contribution is 6.06. The van der Waals surface area contributed by atoms with Crippen LogP contribution in [0, 0.1) is 6.92 Å². The lowest BCUT2D eigenvalue weighted by molar-refractivity contribution is -0.111. The summed E-state index contributed by atoms with van der Waals surface area (Å²) in [4.78, 5) is 27.0. The number of carboxylic acids is 1. The number of hydrogen-bond donors (Lipinski definition) is 4. The first kappa shape index (κ1) is 17.2. The maximum absolute atomic E-state index is 12.0. The molecule has 0 aliphatic carbocycles. The number of nitrogens with zero attached hydrogens (tertiary/aromatic N) is 1. The summed E-state index contributed by atoms with van der Waals surface area (Å²) in [6, 6.07) is 6.01. The van der Waals surface area contributed by atoms with E-state index >= 15 is 0 Å². The van der Waals surface area contributed by atoms with Gasteiger partial charge in [-0.05, 0) is 25.1 Å².